The third-order valence-electron chi connectivity index (χ3n) is 3.17. The van der Waals surface area contributed by atoms with Gasteiger partial charge in [0.05, 0.1) is 13.2 Å². The minimum absolute atomic E-state index is 0.161. The average Bonchev–Trinajstić information content (AvgIpc) is 2.94. The molecule has 98 valence electrons. The maximum atomic E-state index is 11.2. The third-order valence-corrected chi connectivity index (χ3v) is 3.17. The summed E-state index contributed by atoms with van der Waals surface area (Å²) in [5.41, 5.74) is 1.63. The number of allylic oxidation sites excluding steroid dienone is 2. The van der Waals surface area contributed by atoms with E-state index in [9.17, 15) is 9.59 Å². The Morgan fingerprint density at radius 3 is 1.61 bits per heavy atom. The van der Waals surface area contributed by atoms with Crippen molar-refractivity contribution in [1.29, 1.82) is 0 Å². The highest BCUT2D eigenvalue weighted by Gasteiger charge is 2.18. The predicted molar refractivity (Wildman–Crippen MR) is 65.8 cm³/mol. The summed E-state index contributed by atoms with van der Waals surface area (Å²) >= 11 is 0. The van der Waals surface area contributed by atoms with Crippen molar-refractivity contribution in [3.8, 4) is 0 Å². The zero-order valence-electron chi connectivity index (χ0n) is 10.4. The van der Waals surface area contributed by atoms with Crippen LogP contribution in [-0.4, -0.2) is 25.2 Å². The van der Waals surface area contributed by atoms with Crippen LogP contribution in [0.4, 0.5) is 0 Å². The second kappa shape index (κ2) is 6.38. The molecule has 4 heteroatoms. The van der Waals surface area contributed by atoms with Gasteiger partial charge in [-0.3, -0.25) is 0 Å². The summed E-state index contributed by atoms with van der Waals surface area (Å²) in [5.74, 6) is -0.323. The SMILES string of the molecule is O=C1OCCC1=CCCCCC=C1CCOC1=O. The van der Waals surface area contributed by atoms with E-state index in [1.807, 2.05) is 12.2 Å². The normalized spacial score (nSPS) is 23.8. The molecule has 0 N–H and O–H groups in total. The fraction of sp³-hybridized carbons (Fsp3) is 0.571. The molecule has 2 rings (SSSR count). The second-order valence-electron chi connectivity index (χ2n) is 4.52. The zero-order valence-corrected chi connectivity index (χ0v) is 10.4. The molecule has 0 unspecified atom stereocenters. The number of esters is 2. The molecule has 0 radical (unpaired) electrons. The van der Waals surface area contributed by atoms with E-state index in [0.717, 1.165) is 49.7 Å². The van der Waals surface area contributed by atoms with E-state index in [0.29, 0.717) is 13.2 Å². The van der Waals surface area contributed by atoms with Gasteiger partial charge < -0.3 is 9.47 Å². The van der Waals surface area contributed by atoms with Gasteiger partial charge >= 0.3 is 11.9 Å². The molecule has 2 aliphatic rings. The van der Waals surface area contributed by atoms with E-state index in [2.05, 4.69) is 0 Å². The number of cyclic esters (lactones) is 2. The number of hydrogen-bond acceptors (Lipinski definition) is 4. The van der Waals surface area contributed by atoms with Gasteiger partial charge in [-0.25, -0.2) is 9.59 Å². The number of ether oxygens (including phenoxy) is 2. The lowest BCUT2D eigenvalue weighted by Crippen LogP contribution is -1.94. The van der Waals surface area contributed by atoms with Crippen LogP contribution in [0, 0.1) is 0 Å². The van der Waals surface area contributed by atoms with E-state index < -0.39 is 0 Å². The maximum absolute atomic E-state index is 11.2. The van der Waals surface area contributed by atoms with Crippen molar-refractivity contribution < 1.29 is 19.1 Å². The summed E-state index contributed by atoms with van der Waals surface area (Å²) in [6.45, 7) is 1.05. The molecule has 18 heavy (non-hydrogen) atoms. The van der Waals surface area contributed by atoms with Gasteiger partial charge in [0.1, 0.15) is 0 Å². The lowest BCUT2D eigenvalue weighted by atomic mass is 10.1. The van der Waals surface area contributed by atoms with E-state index in [-0.39, 0.29) is 11.9 Å². The zero-order chi connectivity index (χ0) is 12.8. The monoisotopic (exact) mass is 250 g/mol. The maximum Gasteiger partial charge on any atom is 0.333 e. The Labute approximate surface area is 107 Å². The minimum atomic E-state index is -0.161. The van der Waals surface area contributed by atoms with Crippen LogP contribution in [0.5, 0.6) is 0 Å². The van der Waals surface area contributed by atoms with E-state index in [4.69, 9.17) is 9.47 Å². The van der Waals surface area contributed by atoms with Crippen LogP contribution in [0.15, 0.2) is 23.3 Å². The van der Waals surface area contributed by atoms with Crippen molar-refractivity contribution in [2.45, 2.75) is 38.5 Å². The minimum Gasteiger partial charge on any atom is -0.462 e. The quantitative estimate of drug-likeness (QED) is 0.427. The molecular weight excluding hydrogens is 232 g/mol. The average molecular weight is 250 g/mol. The molecule has 0 aromatic rings. The van der Waals surface area contributed by atoms with Crippen molar-refractivity contribution in [2.24, 2.45) is 0 Å². The van der Waals surface area contributed by atoms with E-state index in [1.54, 1.807) is 0 Å². The van der Waals surface area contributed by atoms with Crippen molar-refractivity contribution in [3.63, 3.8) is 0 Å². The predicted octanol–water partition coefficient (Wildman–Crippen LogP) is 2.29. The lowest BCUT2D eigenvalue weighted by molar-refractivity contribution is -0.135. The highest BCUT2D eigenvalue weighted by molar-refractivity contribution is 5.90. The molecule has 0 aliphatic carbocycles. The van der Waals surface area contributed by atoms with Gasteiger partial charge in [0, 0.05) is 24.0 Å². The number of rotatable bonds is 5. The van der Waals surface area contributed by atoms with Crippen LogP contribution in [0.3, 0.4) is 0 Å². The summed E-state index contributed by atoms with van der Waals surface area (Å²) in [4.78, 5) is 22.3. The molecule has 0 bridgehead atoms. The fourth-order valence-corrected chi connectivity index (χ4v) is 2.11. The van der Waals surface area contributed by atoms with Crippen molar-refractivity contribution >= 4 is 11.9 Å². The van der Waals surface area contributed by atoms with Crippen LogP contribution in [-0.2, 0) is 19.1 Å². The van der Waals surface area contributed by atoms with Gasteiger partial charge in [0.15, 0.2) is 0 Å². The molecule has 0 atom stereocenters. The van der Waals surface area contributed by atoms with Crippen LogP contribution < -0.4 is 0 Å². The smallest absolute Gasteiger partial charge is 0.333 e. The molecule has 0 aromatic heterocycles. The molecule has 0 amide bonds. The number of carbonyl (C=O) groups is 2. The summed E-state index contributed by atoms with van der Waals surface area (Å²) < 4.78 is 9.71. The Kier molecular flexibility index (Phi) is 4.56. The van der Waals surface area contributed by atoms with Gasteiger partial charge in [-0.1, -0.05) is 12.2 Å². The first kappa shape index (κ1) is 12.9. The van der Waals surface area contributed by atoms with Crippen LogP contribution in [0.1, 0.15) is 38.5 Å². The Morgan fingerprint density at radius 1 is 0.833 bits per heavy atom. The molecule has 0 spiro atoms. The first-order valence-corrected chi connectivity index (χ1v) is 6.49. The van der Waals surface area contributed by atoms with Crippen LogP contribution >= 0.6 is 0 Å². The first-order valence-electron chi connectivity index (χ1n) is 6.49. The fourth-order valence-electron chi connectivity index (χ4n) is 2.11. The molecular formula is C14H18O4. The Morgan fingerprint density at radius 2 is 1.28 bits per heavy atom. The molecule has 2 fully saturated rings. The molecule has 0 aromatic carbocycles. The van der Waals surface area contributed by atoms with Crippen molar-refractivity contribution in [3.05, 3.63) is 23.3 Å². The van der Waals surface area contributed by atoms with Crippen LogP contribution in [0.25, 0.3) is 0 Å². The summed E-state index contributed by atoms with van der Waals surface area (Å²) in [6.07, 6.45) is 9.30. The van der Waals surface area contributed by atoms with Gasteiger partial charge in [-0.05, 0) is 25.7 Å². The number of hydrogen-bond donors (Lipinski definition) is 0. The molecule has 2 saturated heterocycles. The largest absolute Gasteiger partial charge is 0.462 e. The molecule has 4 nitrogen and oxygen atoms in total. The number of carbonyl (C=O) groups excluding carboxylic acids is 2. The molecule has 2 aliphatic heterocycles. The Bertz CT molecular complexity index is 355. The van der Waals surface area contributed by atoms with Gasteiger partial charge in [0.25, 0.3) is 0 Å². The summed E-state index contributed by atoms with van der Waals surface area (Å²) in [5, 5.41) is 0. The van der Waals surface area contributed by atoms with Crippen molar-refractivity contribution in [2.75, 3.05) is 13.2 Å². The van der Waals surface area contributed by atoms with Crippen LogP contribution in [0.2, 0.25) is 0 Å². The Hall–Kier alpha value is -1.58. The number of unbranched alkanes of at least 4 members (excludes halogenated alkanes) is 3. The van der Waals surface area contributed by atoms with Gasteiger partial charge in [-0.2, -0.15) is 0 Å². The molecule has 0 saturated carbocycles. The first-order chi connectivity index (χ1) is 8.77. The second-order valence-corrected chi connectivity index (χ2v) is 4.52. The van der Waals surface area contributed by atoms with Crippen molar-refractivity contribution in [1.82, 2.24) is 0 Å². The highest BCUT2D eigenvalue weighted by atomic mass is 16.5. The van der Waals surface area contributed by atoms with Gasteiger partial charge in [0.2, 0.25) is 0 Å². The topological polar surface area (TPSA) is 52.6 Å². The lowest BCUT2D eigenvalue weighted by Gasteiger charge is -1.96. The third kappa shape index (κ3) is 3.45. The standard InChI is InChI=1S/C14H18O4/c15-13-11(7-9-17-13)5-3-1-2-4-6-12-8-10-18-14(12)16/h5-6H,1-4,7-10H2. The highest BCUT2D eigenvalue weighted by Crippen LogP contribution is 2.17. The summed E-state index contributed by atoms with van der Waals surface area (Å²) in [7, 11) is 0. The molecule has 2 heterocycles. The van der Waals surface area contributed by atoms with Gasteiger partial charge in [-0.15, -0.1) is 0 Å². The van der Waals surface area contributed by atoms with E-state index in [1.165, 1.54) is 0 Å². The Balaban J connectivity index is 1.62. The van der Waals surface area contributed by atoms with E-state index >= 15 is 0 Å². The summed E-state index contributed by atoms with van der Waals surface area (Å²) in [6, 6.07) is 0.